The first-order chi connectivity index (χ1) is 8.74. The molecule has 0 fully saturated rings. The topological polar surface area (TPSA) is 66.2 Å². The van der Waals surface area contributed by atoms with Gasteiger partial charge in [0.1, 0.15) is 12.2 Å². The number of halogens is 2. The Bertz CT molecular complexity index is 540. The number of rotatable bonds is 4. The van der Waals surface area contributed by atoms with Crippen LogP contribution in [-0.2, 0) is 6.54 Å². The summed E-state index contributed by atoms with van der Waals surface area (Å²) in [5.74, 6) is 1.69. The van der Waals surface area contributed by atoms with Crippen LogP contribution in [-0.4, -0.2) is 5.84 Å². The fraction of sp³-hybridized carbons (Fsp3) is 0.143. The fourth-order valence-corrected chi connectivity index (χ4v) is 1.69. The van der Waals surface area contributed by atoms with Crippen LogP contribution in [0, 0.1) is 0 Å². The number of benzene rings is 1. The van der Waals surface area contributed by atoms with E-state index in [2.05, 4.69) is 27.4 Å². The van der Waals surface area contributed by atoms with Gasteiger partial charge < -0.3 is 34.0 Å². The number of nitrogens with one attached hydrogen (secondary N) is 3. The van der Waals surface area contributed by atoms with Gasteiger partial charge >= 0.3 is 0 Å². The third kappa shape index (κ3) is 6.16. The number of hydrogen-bond acceptors (Lipinski definition) is 1. The summed E-state index contributed by atoms with van der Waals surface area (Å²) in [6, 6.07) is 14.1. The van der Waals surface area contributed by atoms with Crippen molar-refractivity contribution in [2.75, 3.05) is 5.32 Å². The molecule has 0 aliphatic heterocycles. The van der Waals surface area contributed by atoms with Gasteiger partial charge in [-0.1, -0.05) is 18.2 Å². The van der Waals surface area contributed by atoms with Crippen molar-refractivity contribution in [2.24, 2.45) is 5.73 Å². The zero-order valence-electron chi connectivity index (χ0n) is 11.2. The van der Waals surface area contributed by atoms with Gasteiger partial charge in [0, 0.05) is 13.0 Å². The molecule has 4 nitrogen and oxygen atoms in total. The highest BCUT2D eigenvalue weighted by Crippen LogP contribution is 2.07. The van der Waals surface area contributed by atoms with E-state index < -0.39 is 0 Å². The second-order valence-corrected chi connectivity index (χ2v) is 4.14. The average Bonchev–Trinajstić information content (AvgIpc) is 2.37. The van der Waals surface area contributed by atoms with Crippen LogP contribution in [0.5, 0.6) is 0 Å². The van der Waals surface area contributed by atoms with Crippen molar-refractivity contribution < 1.29 is 43.9 Å². The first-order valence-corrected chi connectivity index (χ1v) is 5.89. The first-order valence-electron chi connectivity index (χ1n) is 5.89. The van der Waals surface area contributed by atoms with E-state index in [1.807, 2.05) is 43.5 Å². The predicted molar refractivity (Wildman–Crippen MR) is 72.3 cm³/mol. The Hall–Kier alpha value is -1.40. The third-order valence-corrected chi connectivity index (χ3v) is 2.46. The zero-order valence-corrected chi connectivity index (χ0v) is 14.3. The van der Waals surface area contributed by atoms with Crippen LogP contribution < -0.4 is 55.0 Å². The molecule has 2 aromatic rings. The molecule has 20 heavy (non-hydrogen) atoms. The molecule has 2 rings (SSSR count). The number of H-pyrrole nitrogens is 1. The molecule has 0 spiro atoms. The summed E-state index contributed by atoms with van der Waals surface area (Å²) in [6.07, 6.45) is 1.90. The second-order valence-electron chi connectivity index (χ2n) is 4.14. The number of hydrogen-bond donors (Lipinski definition) is 3. The van der Waals surface area contributed by atoms with E-state index in [1.54, 1.807) is 0 Å². The maximum absolute atomic E-state index is 5.62. The van der Waals surface area contributed by atoms with Gasteiger partial charge in [-0.2, -0.15) is 0 Å². The molecule has 0 saturated heterocycles. The van der Waals surface area contributed by atoms with E-state index in [4.69, 9.17) is 5.73 Å². The number of amidine groups is 1. The number of aromatic nitrogens is 1. The molecule has 0 aliphatic rings. The molecule has 0 saturated carbocycles. The maximum Gasteiger partial charge on any atom is 0.272 e. The van der Waals surface area contributed by atoms with Crippen molar-refractivity contribution in [1.29, 1.82) is 0 Å². The summed E-state index contributed by atoms with van der Waals surface area (Å²) >= 11 is 0. The van der Waals surface area contributed by atoms with Crippen molar-refractivity contribution in [2.45, 2.75) is 13.5 Å². The predicted octanol–water partition coefficient (Wildman–Crippen LogP) is -5.79. The Morgan fingerprint density at radius 3 is 2.65 bits per heavy atom. The zero-order chi connectivity index (χ0) is 12.8. The van der Waals surface area contributed by atoms with Gasteiger partial charge in [0.15, 0.2) is 0 Å². The van der Waals surface area contributed by atoms with Crippen LogP contribution in [0.25, 0.3) is 0 Å². The van der Waals surface area contributed by atoms with E-state index >= 15 is 0 Å². The quantitative estimate of drug-likeness (QED) is 0.353. The van der Waals surface area contributed by atoms with Crippen LogP contribution in [0.15, 0.2) is 48.7 Å². The van der Waals surface area contributed by atoms with Crippen molar-refractivity contribution in [3.8, 4) is 0 Å². The smallest absolute Gasteiger partial charge is 0.272 e. The fourth-order valence-electron chi connectivity index (χ4n) is 1.69. The lowest BCUT2D eigenvalue weighted by Crippen LogP contribution is -3.00. The van der Waals surface area contributed by atoms with Crippen LogP contribution in [0.1, 0.15) is 12.5 Å². The Morgan fingerprint density at radius 1 is 1.20 bits per heavy atom. The van der Waals surface area contributed by atoms with Crippen molar-refractivity contribution >= 4 is 17.3 Å². The summed E-state index contributed by atoms with van der Waals surface area (Å²) in [4.78, 5) is 6.24. The molecule has 108 valence electrons. The third-order valence-electron chi connectivity index (χ3n) is 2.46. The average molecular weight is 402 g/mol. The highest BCUT2D eigenvalue weighted by Gasteiger charge is 2.02. The molecule has 1 heterocycles. The summed E-state index contributed by atoms with van der Waals surface area (Å²) in [6.45, 7) is 2.60. The van der Waals surface area contributed by atoms with Gasteiger partial charge in [-0.3, -0.25) is 11.1 Å². The highest BCUT2D eigenvalue weighted by atomic mass is 79.9. The number of anilines is 1. The van der Waals surface area contributed by atoms with Crippen LogP contribution >= 0.6 is 0 Å². The summed E-state index contributed by atoms with van der Waals surface area (Å²) in [5, 5.41) is 3.32. The number of nitrogens with two attached hydrogens (primary N) is 1. The molecule has 0 radical (unpaired) electrons. The second kappa shape index (κ2) is 9.50. The minimum absolute atomic E-state index is 0. The van der Waals surface area contributed by atoms with Gasteiger partial charge in [0.25, 0.3) is 5.82 Å². The van der Waals surface area contributed by atoms with E-state index in [-0.39, 0.29) is 34.0 Å². The minimum Gasteiger partial charge on any atom is -1.00 e. The van der Waals surface area contributed by atoms with Gasteiger partial charge in [-0.05, 0) is 23.8 Å². The van der Waals surface area contributed by atoms with Crippen molar-refractivity contribution in [3.05, 3.63) is 54.2 Å². The molecule has 1 aromatic carbocycles. The number of aromatic amines is 1. The number of pyridine rings is 1. The summed E-state index contributed by atoms with van der Waals surface area (Å²) < 4.78 is 0. The summed E-state index contributed by atoms with van der Waals surface area (Å²) in [5.41, 5.74) is 7.82. The summed E-state index contributed by atoms with van der Waals surface area (Å²) in [7, 11) is 0. The Kier molecular flexibility index (Phi) is 8.83. The normalized spacial score (nSPS) is 10.2. The Labute approximate surface area is 140 Å². The van der Waals surface area contributed by atoms with Crippen molar-refractivity contribution in [1.82, 2.24) is 0 Å². The van der Waals surface area contributed by atoms with Crippen LogP contribution in [0.2, 0.25) is 0 Å². The molecule has 6 heteroatoms. The lowest BCUT2D eigenvalue weighted by molar-refractivity contribution is -0.361. The molecule has 0 unspecified atom stereocenters. The molecule has 5 N–H and O–H groups in total. The highest BCUT2D eigenvalue weighted by molar-refractivity contribution is 5.72. The van der Waals surface area contributed by atoms with Crippen LogP contribution in [0.4, 0.5) is 11.5 Å². The molecule has 0 amide bonds. The lowest BCUT2D eigenvalue weighted by atomic mass is 10.2. The van der Waals surface area contributed by atoms with Gasteiger partial charge in [0.2, 0.25) is 5.84 Å². The first kappa shape index (κ1) is 18.6. The van der Waals surface area contributed by atoms with E-state index in [0.717, 1.165) is 18.1 Å². The Balaban J connectivity index is 0.00000180. The molecule has 0 bridgehead atoms. The maximum atomic E-state index is 5.62. The SMILES string of the molecule is CC(N)=[NH+]c1cccc(CNc2cccc[nH+]2)c1.[Br-].[Br-]. The van der Waals surface area contributed by atoms with Crippen molar-refractivity contribution in [3.63, 3.8) is 0 Å². The van der Waals surface area contributed by atoms with Crippen LogP contribution in [0.3, 0.4) is 0 Å². The molecule has 1 aromatic heterocycles. The Morgan fingerprint density at radius 2 is 2.00 bits per heavy atom. The molecular formula is C14H18Br2N4. The molecule has 0 atom stereocenters. The lowest BCUT2D eigenvalue weighted by Gasteiger charge is -2.00. The van der Waals surface area contributed by atoms with E-state index in [1.165, 1.54) is 5.56 Å². The minimum atomic E-state index is 0. The van der Waals surface area contributed by atoms with E-state index in [0.29, 0.717) is 5.84 Å². The standard InChI is InChI=1S/C14H16N4.2BrH/c1-11(15)18-13-6-4-5-12(9-13)10-17-14-7-2-3-8-16-14;;/h2-9H,10H2,1H3,(H2,15,18)(H,16,17);2*1H. The van der Waals surface area contributed by atoms with Gasteiger partial charge in [-0.15, -0.1) is 0 Å². The largest absolute Gasteiger partial charge is 1.00 e. The monoisotopic (exact) mass is 400 g/mol. The molecular weight excluding hydrogens is 384 g/mol. The molecule has 0 aliphatic carbocycles. The van der Waals surface area contributed by atoms with E-state index in [9.17, 15) is 0 Å². The van der Waals surface area contributed by atoms with Gasteiger partial charge in [0.05, 0.1) is 6.20 Å². The van der Waals surface area contributed by atoms with Gasteiger partial charge in [-0.25, -0.2) is 9.98 Å².